The molecule has 0 spiro atoms. The van der Waals surface area contributed by atoms with E-state index >= 15 is 0 Å². The summed E-state index contributed by atoms with van der Waals surface area (Å²) in [6.45, 7) is 2.26. The average Bonchev–Trinajstić information content (AvgIpc) is 2.85. The van der Waals surface area contributed by atoms with E-state index < -0.39 is 0 Å². The number of ether oxygens (including phenoxy) is 1. The normalized spacial score (nSPS) is 16.2. The number of rotatable bonds is 3. The van der Waals surface area contributed by atoms with Gasteiger partial charge in [0.2, 0.25) is 5.95 Å². The van der Waals surface area contributed by atoms with E-state index in [1.165, 1.54) is 17.0 Å². The molecular weight excluding hydrogens is 246 g/mol. The molecule has 0 radical (unpaired) electrons. The van der Waals surface area contributed by atoms with Crippen molar-refractivity contribution < 1.29 is 4.74 Å². The van der Waals surface area contributed by atoms with Crippen LogP contribution in [0.25, 0.3) is 5.78 Å². The molecule has 3 heterocycles. The van der Waals surface area contributed by atoms with Gasteiger partial charge in [0.1, 0.15) is 0 Å². The molecule has 0 bridgehead atoms. The van der Waals surface area contributed by atoms with Crippen molar-refractivity contribution in [2.75, 3.05) is 25.1 Å². The van der Waals surface area contributed by atoms with E-state index in [0.717, 1.165) is 31.9 Å². The summed E-state index contributed by atoms with van der Waals surface area (Å²) in [6.07, 6.45) is 3.58. The van der Waals surface area contributed by atoms with E-state index in [1.54, 1.807) is 7.11 Å². The zero-order chi connectivity index (χ0) is 13.2. The van der Waals surface area contributed by atoms with Crippen LogP contribution >= 0.6 is 0 Å². The molecule has 3 rings (SSSR count). The summed E-state index contributed by atoms with van der Waals surface area (Å²) in [5.41, 5.74) is 0.442. The first-order valence-electron chi connectivity index (χ1n) is 6.50. The van der Waals surface area contributed by atoms with Gasteiger partial charge in [0.15, 0.2) is 0 Å². The average molecular weight is 263 g/mol. The molecule has 1 aliphatic heterocycles. The lowest BCUT2D eigenvalue weighted by Crippen LogP contribution is -2.30. The van der Waals surface area contributed by atoms with E-state index in [2.05, 4.69) is 20.0 Å². The van der Waals surface area contributed by atoms with Crippen LogP contribution in [0.2, 0.25) is 0 Å². The molecular formula is C12H17N5O2. The van der Waals surface area contributed by atoms with Gasteiger partial charge in [-0.05, 0) is 19.3 Å². The predicted octanol–water partition coefficient (Wildman–Crippen LogP) is 0.554. The van der Waals surface area contributed by atoms with Crippen LogP contribution in [0.15, 0.2) is 10.9 Å². The number of hydrogen-bond donors (Lipinski definition) is 1. The van der Waals surface area contributed by atoms with Crippen LogP contribution in [0.3, 0.4) is 0 Å². The minimum absolute atomic E-state index is 0.159. The van der Waals surface area contributed by atoms with E-state index in [1.807, 2.05) is 0 Å². The van der Waals surface area contributed by atoms with Gasteiger partial charge in [-0.25, -0.2) is 4.98 Å². The Morgan fingerprint density at radius 3 is 2.84 bits per heavy atom. The van der Waals surface area contributed by atoms with Gasteiger partial charge < -0.3 is 9.64 Å². The standard InChI is InChI=1S/C12H17N5O2/c1-19-8-9-7-10(18)17-11(13-9)14-12(15-17)16-5-3-2-4-6-16/h7H,2-6,8H2,1H3,(H,13,14,15). The van der Waals surface area contributed by atoms with Crippen LogP contribution < -0.4 is 10.5 Å². The Kier molecular flexibility index (Phi) is 3.20. The van der Waals surface area contributed by atoms with Crippen molar-refractivity contribution in [2.24, 2.45) is 0 Å². The van der Waals surface area contributed by atoms with Crippen molar-refractivity contribution in [3.05, 3.63) is 22.1 Å². The lowest BCUT2D eigenvalue weighted by molar-refractivity contribution is 0.181. The Labute approximate surface area is 110 Å². The van der Waals surface area contributed by atoms with Crippen LogP contribution in [0, 0.1) is 0 Å². The number of hydrogen-bond acceptors (Lipinski definition) is 5. The predicted molar refractivity (Wildman–Crippen MR) is 70.4 cm³/mol. The topological polar surface area (TPSA) is 75.5 Å². The highest BCUT2D eigenvalue weighted by molar-refractivity contribution is 5.39. The Hall–Kier alpha value is -1.89. The number of aromatic amines is 1. The maximum Gasteiger partial charge on any atom is 0.274 e. The van der Waals surface area contributed by atoms with E-state index in [9.17, 15) is 4.79 Å². The van der Waals surface area contributed by atoms with Gasteiger partial charge >= 0.3 is 0 Å². The van der Waals surface area contributed by atoms with Crippen molar-refractivity contribution in [1.29, 1.82) is 0 Å². The molecule has 102 valence electrons. The Bertz CT molecular complexity index is 627. The molecule has 0 atom stereocenters. The molecule has 0 aromatic carbocycles. The minimum atomic E-state index is -0.159. The highest BCUT2D eigenvalue weighted by Gasteiger charge is 2.16. The second-order valence-electron chi connectivity index (χ2n) is 4.75. The molecule has 0 saturated carbocycles. The smallest absolute Gasteiger partial charge is 0.274 e. The number of methoxy groups -OCH3 is 1. The van der Waals surface area contributed by atoms with E-state index in [4.69, 9.17) is 4.74 Å². The molecule has 1 saturated heterocycles. The molecule has 0 amide bonds. The molecule has 1 N–H and O–H groups in total. The fourth-order valence-corrected chi connectivity index (χ4v) is 2.39. The number of piperidine rings is 1. The first-order valence-corrected chi connectivity index (χ1v) is 6.50. The van der Waals surface area contributed by atoms with Crippen LogP contribution in [-0.2, 0) is 11.3 Å². The largest absolute Gasteiger partial charge is 0.378 e. The number of nitrogens with one attached hydrogen (secondary N) is 1. The zero-order valence-corrected chi connectivity index (χ0v) is 10.9. The van der Waals surface area contributed by atoms with Crippen molar-refractivity contribution in [1.82, 2.24) is 19.6 Å². The summed E-state index contributed by atoms with van der Waals surface area (Å²) in [5.74, 6) is 1.12. The van der Waals surface area contributed by atoms with Gasteiger partial charge in [0, 0.05) is 26.3 Å². The van der Waals surface area contributed by atoms with Crippen molar-refractivity contribution >= 4 is 11.7 Å². The number of H-pyrrole nitrogens is 1. The maximum absolute atomic E-state index is 11.9. The highest BCUT2D eigenvalue weighted by Crippen LogP contribution is 2.15. The van der Waals surface area contributed by atoms with Gasteiger partial charge in [0.25, 0.3) is 11.3 Å². The summed E-state index contributed by atoms with van der Waals surface area (Å²) in [4.78, 5) is 22.8. The third-order valence-electron chi connectivity index (χ3n) is 3.32. The highest BCUT2D eigenvalue weighted by atomic mass is 16.5. The number of anilines is 1. The number of fused-ring (bicyclic) bond motifs is 1. The Balaban J connectivity index is 1.99. The lowest BCUT2D eigenvalue weighted by atomic mass is 10.1. The quantitative estimate of drug-likeness (QED) is 0.875. The van der Waals surface area contributed by atoms with Crippen LogP contribution in [-0.4, -0.2) is 39.8 Å². The summed E-state index contributed by atoms with van der Waals surface area (Å²) in [6, 6.07) is 1.47. The molecule has 7 heteroatoms. The first-order chi connectivity index (χ1) is 9.28. The first kappa shape index (κ1) is 12.2. The van der Waals surface area contributed by atoms with E-state index in [-0.39, 0.29) is 5.56 Å². The summed E-state index contributed by atoms with van der Waals surface area (Å²) in [5, 5.41) is 3.02. The fourth-order valence-electron chi connectivity index (χ4n) is 2.39. The fraction of sp³-hybridized carbons (Fsp3) is 0.583. The van der Waals surface area contributed by atoms with E-state index in [0.29, 0.717) is 18.1 Å². The Morgan fingerprint density at radius 1 is 1.32 bits per heavy atom. The molecule has 19 heavy (non-hydrogen) atoms. The summed E-state index contributed by atoms with van der Waals surface area (Å²) in [7, 11) is 1.58. The second kappa shape index (κ2) is 5.00. The second-order valence-corrected chi connectivity index (χ2v) is 4.75. The van der Waals surface area contributed by atoms with Crippen molar-refractivity contribution in [3.8, 4) is 0 Å². The SMILES string of the molecule is COCc1cc(=O)n2[nH]c(N3CCCCC3)nc2n1. The molecule has 0 unspecified atom stereocenters. The molecule has 2 aromatic heterocycles. The third kappa shape index (κ3) is 2.33. The molecule has 0 aliphatic carbocycles. The monoisotopic (exact) mass is 263 g/mol. The van der Waals surface area contributed by atoms with Crippen LogP contribution in [0.4, 0.5) is 5.95 Å². The molecule has 7 nitrogen and oxygen atoms in total. The lowest BCUT2D eigenvalue weighted by Gasteiger charge is -2.25. The third-order valence-corrected chi connectivity index (χ3v) is 3.32. The van der Waals surface area contributed by atoms with Gasteiger partial charge in [-0.2, -0.15) is 9.50 Å². The van der Waals surface area contributed by atoms with Gasteiger partial charge in [-0.3, -0.25) is 9.89 Å². The molecule has 2 aromatic rings. The van der Waals surface area contributed by atoms with Gasteiger partial charge in [0.05, 0.1) is 12.3 Å². The van der Waals surface area contributed by atoms with Gasteiger partial charge in [-0.15, -0.1) is 0 Å². The zero-order valence-electron chi connectivity index (χ0n) is 10.9. The summed E-state index contributed by atoms with van der Waals surface area (Å²) < 4.78 is 6.37. The van der Waals surface area contributed by atoms with Crippen LogP contribution in [0.5, 0.6) is 0 Å². The maximum atomic E-state index is 11.9. The minimum Gasteiger partial charge on any atom is -0.378 e. The van der Waals surface area contributed by atoms with Crippen molar-refractivity contribution in [2.45, 2.75) is 25.9 Å². The van der Waals surface area contributed by atoms with Crippen molar-refractivity contribution in [3.63, 3.8) is 0 Å². The molecule has 1 aliphatic rings. The molecule has 1 fully saturated rings. The van der Waals surface area contributed by atoms with Crippen LogP contribution in [0.1, 0.15) is 25.0 Å². The Morgan fingerprint density at radius 2 is 2.11 bits per heavy atom. The van der Waals surface area contributed by atoms with Gasteiger partial charge in [-0.1, -0.05) is 0 Å². The summed E-state index contributed by atoms with van der Waals surface area (Å²) >= 11 is 0. The number of aromatic nitrogens is 4. The number of nitrogens with zero attached hydrogens (tertiary/aromatic N) is 4.